The van der Waals surface area contributed by atoms with Crippen molar-refractivity contribution in [2.45, 2.75) is 39.7 Å². The van der Waals surface area contributed by atoms with Crippen LogP contribution < -0.4 is 0 Å². The van der Waals surface area contributed by atoms with E-state index in [4.69, 9.17) is 0 Å². The highest BCUT2D eigenvalue weighted by molar-refractivity contribution is 7.10. The molecule has 0 spiro atoms. The van der Waals surface area contributed by atoms with Gasteiger partial charge in [-0.1, -0.05) is 13.8 Å². The standard InChI is InChI=1S/C11H18OS/c1-8(2)10(12)4-5-11-9(3)6-7-13-11/h6-8,10,12H,4-5H2,1-3H3. The SMILES string of the molecule is Cc1ccsc1CCC(O)C(C)C. The fourth-order valence-corrected chi connectivity index (χ4v) is 2.20. The number of hydrogen-bond acceptors (Lipinski definition) is 2. The number of thiophene rings is 1. The number of hydrogen-bond donors (Lipinski definition) is 1. The lowest BCUT2D eigenvalue weighted by molar-refractivity contribution is 0.117. The molecule has 0 fully saturated rings. The van der Waals surface area contributed by atoms with Gasteiger partial charge >= 0.3 is 0 Å². The van der Waals surface area contributed by atoms with E-state index in [-0.39, 0.29) is 6.10 Å². The first-order valence-electron chi connectivity index (χ1n) is 4.82. The van der Waals surface area contributed by atoms with E-state index in [1.807, 2.05) is 0 Å². The maximum atomic E-state index is 9.62. The summed E-state index contributed by atoms with van der Waals surface area (Å²) < 4.78 is 0. The monoisotopic (exact) mass is 198 g/mol. The van der Waals surface area contributed by atoms with Crippen molar-refractivity contribution in [3.05, 3.63) is 21.9 Å². The molecule has 0 saturated heterocycles. The van der Waals surface area contributed by atoms with Gasteiger partial charge in [0.15, 0.2) is 0 Å². The van der Waals surface area contributed by atoms with Crippen LogP contribution in [0, 0.1) is 12.8 Å². The summed E-state index contributed by atoms with van der Waals surface area (Å²) in [4.78, 5) is 1.42. The smallest absolute Gasteiger partial charge is 0.0566 e. The van der Waals surface area contributed by atoms with Crippen molar-refractivity contribution in [1.82, 2.24) is 0 Å². The molecule has 0 aromatic carbocycles. The van der Waals surface area contributed by atoms with Gasteiger partial charge in [-0.3, -0.25) is 0 Å². The maximum absolute atomic E-state index is 9.62. The fourth-order valence-electron chi connectivity index (χ4n) is 1.27. The first-order chi connectivity index (χ1) is 6.11. The summed E-state index contributed by atoms with van der Waals surface area (Å²) >= 11 is 1.79. The Bertz CT molecular complexity index is 252. The summed E-state index contributed by atoms with van der Waals surface area (Å²) in [5.41, 5.74) is 1.36. The molecule has 0 aliphatic rings. The molecule has 1 aromatic heterocycles. The molecule has 1 N–H and O–H groups in total. The van der Waals surface area contributed by atoms with Crippen LogP contribution in [-0.4, -0.2) is 11.2 Å². The average Bonchev–Trinajstić information content (AvgIpc) is 2.47. The van der Waals surface area contributed by atoms with E-state index < -0.39 is 0 Å². The lowest BCUT2D eigenvalue weighted by Crippen LogP contribution is -2.15. The maximum Gasteiger partial charge on any atom is 0.0566 e. The van der Waals surface area contributed by atoms with Gasteiger partial charge in [-0.15, -0.1) is 11.3 Å². The fraction of sp³-hybridized carbons (Fsp3) is 0.636. The Morgan fingerprint density at radius 2 is 2.15 bits per heavy atom. The number of aliphatic hydroxyl groups is 1. The minimum atomic E-state index is -0.151. The molecular weight excluding hydrogens is 180 g/mol. The predicted molar refractivity (Wildman–Crippen MR) is 58.2 cm³/mol. The summed E-state index contributed by atoms with van der Waals surface area (Å²) in [5.74, 6) is 0.375. The Labute approximate surface area is 84.4 Å². The lowest BCUT2D eigenvalue weighted by atomic mass is 10.0. The molecule has 1 unspecified atom stereocenters. The van der Waals surface area contributed by atoms with E-state index >= 15 is 0 Å². The summed E-state index contributed by atoms with van der Waals surface area (Å²) in [5, 5.41) is 11.7. The average molecular weight is 198 g/mol. The summed E-state index contributed by atoms with van der Waals surface area (Å²) in [6.07, 6.45) is 1.75. The molecule has 0 amide bonds. The third-order valence-electron chi connectivity index (χ3n) is 2.40. The Morgan fingerprint density at radius 3 is 2.62 bits per heavy atom. The van der Waals surface area contributed by atoms with Gasteiger partial charge in [-0.2, -0.15) is 0 Å². The van der Waals surface area contributed by atoms with E-state index in [0.717, 1.165) is 12.8 Å². The quantitative estimate of drug-likeness (QED) is 0.788. The van der Waals surface area contributed by atoms with Crippen LogP contribution in [0.25, 0.3) is 0 Å². The topological polar surface area (TPSA) is 20.2 Å². The zero-order valence-corrected chi connectivity index (χ0v) is 9.40. The molecule has 1 nitrogen and oxygen atoms in total. The Balaban J connectivity index is 2.39. The van der Waals surface area contributed by atoms with Gasteiger partial charge in [-0.25, -0.2) is 0 Å². The van der Waals surface area contributed by atoms with E-state index in [9.17, 15) is 5.11 Å². The second-order valence-corrected chi connectivity index (χ2v) is 4.88. The minimum Gasteiger partial charge on any atom is -0.393 e. The highest BCUT2D eigenvalue weighted by atomic mass is 32.1. The zero-order valence-electron chi connectivity index (χ0n) is 8.58. The van der Waals surface area contributed by atoms with Gasteiger partial charge in [0, 0.05) is 4.88 Å². The van der Waals surface area contributed by atoms with Crippen LogP contribution in [0.5, 0.6) is 0 Å². The van der Waals surface area contributed by atoms with Gasteiger partial charge in [0.05, 0.1) is 6.10 Å². The van der Waals surface area contributed by atoms with Crippen molar-refractivity contribution in [1.29, 1.82) is 0 Å². The molecule has 13 heavy (non-hydrogen) atoms. The summed E-state index contributed by atoms with van der Waals surface area (Å²) in [6.45, 7) is 6.26. The molecule has 0 aliphatic heterocycles. The highest BCUT2D eigenvalue weighted by Gasteiger charge is 2.10. The van der Waals surface area contributed by atoms with E-state index in [1.54, 1.807) is 11.3 Å². The van der Waals surface area contributed by atoms with Gasteiger partial charge < -0.3 is 5.11 Å². The molecule has 0 aliphatic carbocycles. The van der Waals surface area contributed by atoms with Crippen LogP contribution in [0.3, 0.4) is 0 Å². The molecule has 74 valence electrons. The van der Waals surface area contributed by atoms with Crippen LogP contribution >= 0.6 is 11.3 Å². The third kappa shape index (κ3) is 3.12. The second kappa shape index (κ2) is 4.77. The molecule has 1 atom stereocenters. The van der Waals surface area contributed by atoms with Gasteiger partial charge in [-0.05, 0) is 42.7 Å². The largest absolute Gasteiger partial charge is 0.393 e. The van der Waals surface area contributed by atoms with Crippen molar-refractivity contribution in [2.75, 3.05) is 0 Å². The molecule has 0 bridgehead atoms. The first-order valence-corrected chi connectivity index (χ1v) is 5.70. The zero-order chi connectivity index (χ0) is 9.84. The lowest BCUT2D eigenvalue weighted by Gasteiger charge is -2.13. The van der Waals surface area contributed by atoms with Crippen molar-refractivity contribution in [2.24, 2.45) is 5.92 Å². The molecule has 1 aromatic rings. The highest BCUT2D eigenvalue weighted by Crippen LogP contribution is 2.19. The van der Waals surface area contributed by atoms with Crippen LogP contribution in [-0.2, 0) is 6.42 Å². The Kier molecular flexibility index (Phi) is 3.94. The van der Waals surface area contributed by atoms with Crippen LogP contribution in [0.2, 0.25) is 0 Å². The van der Waals surface area contributed by atoms with Gasteiger partial charge in [0.25, 0.3) is 0 Å². The minimum absolute atomic E-state index is 0.151. The molecule has 1 rings (SSSR count). The van der Waals surface area contributed by atoms with E-state index in [2.05, 4.69) is 32.2 Å². The number of rotatable bonds is 4. The van der Waals surface area contributed by atoms with E-state index in [1.165, 1.54) is 10.4 Å². The Hall–Kier alpha value is -0.340. The molecule has 1 heterocycles. The van der Waals surface area contributed by atoms with Gasteiger partial charge in [0.1, 0.15) is 0 Å². The summed E-state index contributed by atoms with van der Waals surface area (Å²) in [7, 11) is 0. The van der Waals surface area contributed by atoms with Crippen LogP contribution in [0.4, 0.5) is 0 Å². The predicted octanol–water partition coefficient (Wildman–Crippen LogP) is 3.01. The number of aryl methyl sites for hydroxylation is 2. The Morgan fingerprint density at radius 1 is 1.46 bits per heavy atom. The summed E-state index contributed by atoms with van der Waals surface area (Å²) in [6, 6.07) is 2.14. The van der Waals surface area contributed by atoms with Crippen LogP contribution in [0.1, 0.15) is 30.7 Å². The number of aliphatic hydroxyl groups excluding tert-OH is 1. The van der Waals surface area contributed by atoms with Crippen molar-refractivity contribution in [3.8, 4) is 0 Å². The normalized spacial score (nSPS) is 13.6. The molecule has 0 saturated carbocycles. The molecular formula is C11H18OS. The van der Waals surface area contributed by atoms with E-state index in [0.29, 0.717) is 5.92 Å². The second-order valence-electron chi connectivity index (χ2n) is 3.88. The molecule has 2 heteroatoms. The van der Waals surface area contributed by atoms with Crippen LogP contribution in [0.15, 0.2) is 11.4 Å². The molecule has 0 radical (unpaired) electrons. The van der Waals surface area contributed by atoms with Crippen molar-refractivity contribution < 1.29 is 5.11 Å². The van der Waals surface area contributed by atoms with Crippen molar-refractivity contribution in [3.63, 3.8) is 0 Å². The van der Waals surface area contributed by atoms with Gasteiger partial charge in [0.2, 0.25) is 0 Å². The first kappa shape index (κ1) is 10.7. The third-order valence-corrected chi connectivity index (χ3v) is 3.49. The van der Waals surface area contributed by atoms with Crippen molar-refractivity contribution >= 4 is 11.3 Å².